The number of ether oxygens (including phenoxy) is 1. The van der Waals surface area contributed by atoms with Crippen molar-refractivity contribution in [3.8, 4) is 5.75 Å². The molecule has 0 spiro atoms. The molecule has 0 radical (unpaired) electrons. The minimum absolute atomic E-state index is 0.106. The molecule has 136 valence electrons. The minimum Gasteiger partial charge on any atom is -0.484 e. The molecular weight excluding hydrogens is 354 g/mol. The largest absolute Gasteiger partial charge is 0.484 e. The Kier molecular flexibility index (Phi) is 5.63. The highest BCUT2D eigenvalue weighted by Gasteiger charge is 2.23. The van der Waals surface area contributed by atoms with Crippen LogP contribution >= 0.6 is 11.6 Å². The summed E-state index contributed by atoms with van der Waals surface area (Å²) in [5, 5.41) is 8.99. The van der Waals surface area contributed by atoms with Crippen LogP contribution in [0.25, 0.3) is 0 Å². The second-order valence-corrected chi connectivity index (χ2v) is 6.61. The van der Waals surface area contributed by atoms with Crippen LogP contribution in [-0.4, -0.2) is 24.6 Å². The molecule has 0 unspecified atom stereocenters. The van der Waals surface area contributed by atoms with Crippen LogP contribution in [0.1, 0.15) is 18.4 Å². The first-order valence-corrected chi connectivity index (χ1v) is 8.74. The maximum Gasteiger partial charge on any atom is 0.319 e. The maximum atomic E-state index is 12.0. The molecule has 1 aliphatic rings. The predicted molar refractivity (Wildman–Crippen MR) is 102 cm³/mol. The molecule has 1 saturated carbocycles. The standard InChI is InChI=1S/C19H20ClN3O3/c1-12-10-16(8-9-17(12)20)26-11-18(24)21-13-2-4-14(5-3-13)22-19(25)23-15-6-7-15/h2-5,8-10,15H,6-7,11H2,1H3,(H,21,24)(H2,22,23,25). The van der Waals surface area contributed by atoms with Crippen molar-refractivity contribution in [2.45, 2.75) is 25.8 Å². The van der Waals surface area contributed by atoms with Crippen LogP contribution in [0.5, 0.6) is 5.75 Å². The number of urea groups is 1. The fourth-order valence-electron chi connectivity index (χ4n) is 2.27. The lowest BCUT2D eigenvalue weighted by Crippen LogP contribution is -2.30. The Hall–Kier alpha value is -2.73. The van der Waals surface area contributed by atoms with Gasteiger partial charge in [0.25, 0.3) is 5.91 Å². The summed E-state index contributed by atoms with van der Waals surface area (Å²) < 4.78 is 5.46. The van der Waals surface area contributed by atoms with Crippen molar-refractivity contribution in [3.63, 3.8) is 0 Å². The molecular formula is C19H20ClN3O3. The number of carbonyl (C=O) groups is 2. The molecule has 3 rings (SSSR count). The van der Waals surface area contributed by atoms with Gasteiger partial charge in [-0.1, -0.05) is 11.6 Å². The van der Waals surface area contributed by atoms with Crippen LogP contribution in [0, 0.1) is 6.92 Å². The number of amides is 3. The van der Waals surface area contributed by atoms with Crippen molar-refractivity contribution < 1.29 is 14.3 Å². The van der Waals surface area contributed by atoms with Gasteiger partial charge in [0.2, 0.25) is 0 Å². The van der Waals surface area contributed by atoms with Gasteiger partial charge in [0.15, 0.2) is 6.61 Å². The molecule has 0 aromatic heterocycles. The lowest BCUT2D eigenvalue weighted by atomic mass is 10.2. The van der Waals surface area contributed by atoms with Crippen molar-refractivity contribution in [2.24, 2.45) is 0 Å². The van der Waals surface area contributed by atoms with Gasteiger partial charge < -0.3 is 20.7 Å². The van der Waals surface area contributed by atoms with E-state index in [1.54, 1.807) is 42.5 Å². The third kappa shape index (κ3) is 5.39. The number of hydrogen-bond acceptors (Lipinski definition) is 3. The van der Waals surface area contributed by atoms with E-state index in [9.17, 15) is 9.59 Å². The van der Waals surface area contributed by atoms with Gasteiger partial charge >= 0.3 is 6.03 Å². The summed E-state index contributed by atoms with van der Waals surface area (Å²) >= 11 is 5.96. The fourth-order valence-corrected chi connectivity index (χ4v) is 2.39. The number of hydrogen-bond donors (Lipinski definition) is 3. The highest BCUT2D eigenvalue weighted by atomic mass is 35.5. The average molecular weight is 374 g/mol. The number of aryl methyl sites for hydroxylation is 1. The van der Waals surface area contributed by atoms with Gasteiger partial charge in [-0.2, -0.15) is 0 Å². The Balaban J connectivity index is 1.46. The summed E-state index contributed by atoms with van der Waals surface area (Å²) in [6, 6.07) is 12.2. The zero-order chi connectivity index (χ0) is 18.5. The molecule has 0 heterocycles. The van der Waals surface area contributed by atoms with Crippen molar-refractivity contribution in [2.75, 3.05) is 17.2 Å². The molecule has 1 aliphatic carbocycles. The first-order chi connectivity index (χ1) is 12.5. The molecule has 1 fully saturated rings. The molecule has 2 aromatic carbocycles. The molecule has 0 atom stereocenters. The first kappa shape index (κ1) is 18.1. The smallest absolute Gasteiger partial charge is 0.319 e. The monoisotopic (exact) mass is 373 g/mol. The molecule has 7 heteroatoms. The van der Waals surface area contributed by atoms with E-state index in [0.29, 0.717) is 28.2 Å². The maximum absolute atomic E-state index is 12.0. The minimum atomic E-state index is -0.273. The molecule has 0 bridgehead atoms. The van der Waals surface area contributed by atoms with E-state index in [4.69, 9.17) is 16.3 Å². The average Bonchev–Trinajstić information content (AvgIpc) is 3.41. The number of carbonyl (C=O) groups excluding carboxylic acids is 2. The van der Waals surface area contributed by atoms with E-state index < -0.39 is 0 Å². The van der Waals surface area contributed by atoms with Crippen molar-refractivity contribution in [3.05, 3.63) is 53.1 Å². The van der Waals surface area contributed by atoms with E-state index in [2.05, 4.69) is 16.0 Å². The van der Waals surface area contributed by atoms with Crippen molar-refractivity contribution in [1.82, 2.24) is 5.32 Å². The number of anilines is 2. The van der Waals surface area contributed by atoms with E-state index >= 15 is 0 Å². The summed E-state index contributed by atoms with van der Waals surface area (Å²) in [7, 11) is 0. The van der Waals surface area contributed by atoms with E-state index in [1.165, 1.54) is 0 Å². The Morgan fingerprint density at radius 2 is 1.73 bits per heavy atom. The third-order valence-corrected chi connectivity index (χ3v) is 4.26. The van der Waals surface area contributed by atoms with Crippen LogP contribution in [0.2, 0.25) is 5.02 Å². The summed E-state index contributed by atoms with van der Waals surface area (Å²) in [6.45, 7) is 1.76. The summed E-state index contributed by atoms with van der Waals surface area (Å²) in [5.41, 5.74) is 2.17. The first-order valence-electron chi connectivity index (χ1n) is 8.36. The lowest BCUT2D eigenvalue weighted by molar-refractivity contribution is -0.118. The van der Waals surface area contributed by atoms with Crippen LogP contribution in [0.15, 0.2) is 42.5 Å². The topological polar surface area (TPSA) is 79.5 Å². The molecule has 0 aliphatic heterocycles. The Bertz CT molecular complexity index is 804. The fraction of sp³-hybridized carbons (Fsp3) is 0.263. The second-order valence-electron chi connectivity index (χ2n) is 6.20. The van der Waals surface area contributed by atoms with Gasteiger partial charge in [0.05, 0.1) is 0 Å². The molecule has 3 amide bonds. The second kappa shape index (κ2) is 8.10. The lowest BCUT2D eigenvalue weighted by Gasteiger charge is -2.10. The van der Waals surface area contributed by atoms with Gasteiger partial charge in [-0.05, 0) is 67.8 Å². The Labute approximate surface area is 156 Å². The zero-order valence-electron chi connectivity index (χ0n) is 14.3. The normalized spacial score (nSPS) is 13.0. The van der Waals surface area contributed by atoms with Crippen LogP contribution in [0.4, 0.5) is 16.2 Å². The molecule has 0 saturated heterocycles. The molecule has 26 heavy (non-hydrogen) atoms. The third-order valence-electron chi connectivity index (χ3n) is 3.84. The highest BCUT2D eigenvalue weighted by molar-refractivity contribution is 6.31. The number of nitrogens with one attached hydrogen (secondary N) is 3. The van der Waals surface area contributed by atoms with Crippen molar-refractivity contribution in [1.29, 1.82) is 0 Å². The summed E-state index contributed by atoms with van der Waals surface area (Å²) in [6.07, 6.45) is 2.08. The van der Waals surface area contributed by atoms with Gasteiger partial charge in [-0.25, -0.2) is 4.79 Å². The van der Waals surface area contributed by atoms with E-state index in [1.807, 2.05) is 6.92 Å². The van der Waals surface area contributed by atoms with Crippen LogP contribution < -0.4 is 20.7 Å². The Morgan fingerprint density at radius 1 is 1.08 bits per heavy atom. The molecule has 6 nitrogen and oxygen atoms in total. The zero-order valence-corrected chi connectivity index (χ0v) is 15.1. The number of rotatable bonds is 6. The van der Waals surface area contributed by atoms with E-state index in [-0.39, 0.29) is 18.5 Å². The predicted octanol–water partition coefficient (Wildman–Crippen LogP) is 3.95. The summed E-state index contributed by atoms with van der Waals surface area (Å²) in [4.78, 5) is 23.7. The van der Waals surface area contributed by atoms with E-state index in [0.717, 1.165) is 18.4 Å². The van der Waals surface area contributed by atoms with Gasteiger partial charge in [-0.3, -0.25) is 4.79 Å². The molecule has 2 aromatic rings. The SMILES string of the molecule is Cc1cc(OCC(=O)Nc2ccc(NC(=O)NC3CC3)cc2)ccc1Cl. The van der Waals surface area contributed by atoms with Crippen LogP contribution in [0.3, 0.4) is 0 Å². The quantitative estimate of drug-likeness (QED) is 0.717. The van der Waals surface area contributed by atoms with Gasteiger partial charge in [0.1, 0.15) is 5.75 Å². The van der Waals surface area contributed by atoms with Gasteiger partial charge in [0, 0.05) is 22.4 Å². The highest BCUT2D eigenvalue weighted by Crippen LogP contribution is 2.21. The number of benzene rings is 2. The number of halogens is 1. The molecule has 3 N–H and O–H groups in total. The van der Waals surface area contributed by atoms with Gasteiger partial charge in [-0.15, -0.1) is 0 Å². The Morgan fingerprint density at radius 3 is 2.35 bits per heavy atom. The van der Waals surface area contributed by atoms with Crippen LogP contribution in [-0.2, 0) is 4.79 Å². The summed E-state index contributed by atoms with van der Waals surface area (Å²) in [5.74, 6) is 0.313. The van der Waals surface area contributed by atoms with Crippen molar-refractivity contribution >= 4 is 34.9 Å².